The molecule has 0 unspecified atom stereocenters. The summed E-state index contributed by atoms with van der Waals surface area (Å²) in [4.78, 5) is 37.3. The molecule has 1 aromatic rings. The second-order valence-corrected chi connectivity index (χ2v) is 11.4. The molecule has 1 saturated carbocycles. The molecule has 0 heterocycles. The molecule has 0 radical (unpaired) electrons. The molecule has 7 nitrogen and oxygen atoms in total. The largest absolute Gasteiger partial charge is 0.480 e. The first-order chi connectivity index (χ1) is 15.7. The number of carboxylic acid groups (broad SMARTS) is 1. The average Bonchev–Trinajstić information content (AvgIpc) is 3.23. The molecule has 0 bridgehead atoms. The van der Waals surface area contributed by atoms with Gasteiger partial charge in [0.25, 0.3) is 0 Å². The van der Waals surface area contributed by atoms with E-state index in [0.29, 0.717) is 5.92 Å². The average molecular weight is 475 g/mol. The Morgan fingerprint density at radius 3 is 2.26 bits per heavy atom. The molecule has 0 spiro atoms. The second kappa shape index (κ2) is 11.8. The Morgan fingerprint density at radius 2 is 1.71 bits per heavy atom. The zero-order chi connectivity index (χ0) is 25.5. The van der Waals surface area contributed by atoms with Gasteiger partial charge in [-0.25, -0.2) is 4.79 Å². The molecule has 34 heavy (non-hydrogen) atoms. The van der Waals surface area contributed by atoms with Crippen LogP contribution in [0.1, 0.15) is 97.1 Å². The summed E-state index contributed by atoms with van der Waals surface area (Å²) in [5, 5.41) is 15.7. The molecule has 1 fully saturated rings. The number of ether oxygens (including phenoxy) is 1. The van der Waals surface area contributed by atoms with Crippen molar-refractivity contribution in [2.45, 2.75) is 116 Å². The topological polar surface area (TPSA) is 105 Å². The number of nitrogens with one attached hydrogen (secondary N) is 2. The lowest BCUT2D eigenvalue weighted by molar-refractivity contribution is -0.155. The number of esters is 1. The van der Waals surface area contributed by atoms with Crippen molar-refractivity contribution >= 4 is 17.8 Å². The Kier molecular flexibility index (Phi) is 9.68. The zero-order valence-corrected chi connectivity index (χ0v) is 21.6. The first-order valence-corrected chi connectivity index (χ1v) is 12.3. The summed E-state index contributed by atoms with van der Waals surface area (Å²) in [6.45, 7) is 11.1. The number of amides is 1. The van der Waals surface area contributed by atoms with Gasteiger partial charge in [-0.1, -0.05) is 37.1 Å². The third-order valence-electron chi connectivity index (χ3n) is 5.81. The minimum Gasteiger partial charge on any atom is -0.480 e. The third kappa shape index (κ3) is 9.84. The molecule has 0 aliphatic heterocycles. The Hall–Kier alpha value is -2.41. The van der Waals surface area contributed by atoms with E-state index in [1.807, 2.05) is 32.9 Å². The summed E-state index contributed by atoms with van der Waals surface area (Å²) in [6.07, 6.45) is 5.26. The van der Waals surface area contributed by atoms with Crippen LogP contribution in [0.25, 0.3) is 0 Å². The molecule has 1 aromatic carbocycles. The van der Waals surface area contributed by atoms with E-state index >= 15 is 0 Å². The van der Waals surface area contributed by atoms with Crippen molar-refractivity contribution in [3.05, 3.63) is 35.4 Å². The summed E-state index contributed by atoms with van der Waals surface area (Å²) in [5.41, 5.74) is 1.14. The van der Waals surface area contributed by atoms with E-state index < -0.39 is 35.1 Å². The fraction of sp³-hybridized carbons (Fsp3) is 0.667. The lowest BCUT2D eigenvalue weighted by Crippen LogP contribution is -2.55. The smallest absolute Gasteiger partial charge is 0.326 e. The predicted octanol–water partition coefficient (Wildman–Crippen LogP) is 4.33. The van der Waals surface area contributed by atoms with Crippen LogP contribution in [0.4, 0.5) is 0 Å². The van der Waals surface area contributed by atoms with Gasteiger partial charge in [0.15, 0.2) is 0 Å². The minimum atomic E-state index is -1.08. The maximum atomic E-state index is 13.1. The van der Waals surface area contributed by atoms with Gasteiger partial charge >= 0.3 is 11.9 Å². The Morgan fingerprint density at radius 1 is 1.06 bits per heavy atom. The first kappa shape index (κ1) is 27.8. The summed E-state index contributed by atoms with van der Waals surface area (Å²) >= 11 is 0. The standard InChI is InChI=1S/C27H42N2O5/c1-26(2,3)29-21(14-15-23(30)34-27(4,5)6)24(31)28-22(25(32)33)17-18-10-9-13-20(16-18)19-11-7-8-12-19/h9-10,13,16,19,21-22,29H,7-8,11-12,14-15,17H2,1-6H3,(H,28,31)(H,32,33)/t21-,22-/m0/s1. The van der Waals surface area contributed by atoms with Crippen LogP contribution in [0, 0.1) is 0 Å². The maximum absolute atomic E-state index is 13.1. The van der Waals surface area contributed by atoms with Gasteiger partial charge in [0.2, 0.25) is 5.91 Å². The van der Waals surface area contributed by atoms with E-state index in [1.165, 1.54) is 31.2 Å². The highest BCUT2D eigenvalue weighted by Gasteiger charge is 2.29. The Balaban J connectivity index is 2.08. The molecule has 1 amide bonds. The number of carbonyl (C=O) groups excluding carboxylic acids is 2. The SMILES string of the molecule is CC(C)(C)N[C@@H](CCC(=O)OC(C)(C)C)C(=O)N[C@@H](Cc1cccc(C2CCCC2)c1)C(=O)O. The number of aliphatic carboxylic acids is 1. The van der Waals surface area contributed by atoms with Gasteiger partial charge in [-0.15, -0.1) is 0 Å². The quantitative estimate of drug-likeness (QED) is 0.436. The van der Waals surface area contributed by atoms with E-state index in [9.17, 15) is 19.5 Å². The van der Waals surface area contributed by atoms with Crippen LogP contribution in [0.15, 0.2) is 24.3 Å². The Labute approximate surface area is 204 Å². The molecule has 3 N–H and O–H groups in total. The lowest BCUT2D eigenvalue weighted by Gasteiger charge is -2.29. The van der Waals surface area contributed by atoms with Crippen molar-refractivity contribution < 1.29 is 24.2 Å². The summed E-state index contributed by atoms with van der Waals surface area (Å²) in [7, 11) is 0. The summed E-state index contributed by atoms with van der Waals surface area (Å²) < 4.78 is 5.36. The van der Waals surface area contributed by atoms with Crippen molar-refractivity contribution in [3.63, 3.8) is 0 Å². The van der Waals surface area contributed by atoms with Gasteiger partial charge in [0, 0.05) is 18.4 Å². The minimum absolute atomic E-state index is 0.0552. The third-order valence-corrected chi connectivity index (χ3v) is 5.81. The van der Waals surface area contributed by atoms with E-state index in [2.05, 4.69) is 22.8 Å². The fourth-order valence-corrected chi connectivity index (χ4v) is 4.39. The molecule has 7 heteroatoms. The maximum Gasteiger partial charge on any atom is 0.326 e. The second-order valence-electron chi connectivity index (χ2n) is 11.4. The van der Waals surface area contributed by atoms with Crippen LogP contribution < -0.4 is 10.6 Å². The number of carbonyl (C=O) groups is 3. The number of hydrogen-bond acceptors (Lipinski definition) is 5. The van der Waals surface area contributed by atoms with Crippen molar-refractivity contribution in [3.8, 4) is 0 Å². The fourth-order valence-electron chi connectivity index (χ4n) is 4.39. The molecule has 190 valence electrons. The van der Waals surface area contributed by atoms with E-state index in [4.69, 9.17) is 4.74 Å². The first-order valence-electron chi connectivity index (χ1n) is 12.3. The molecule has 0 aromatic heterocycles. The van der Waals surface area contributed by atoms with E-state index in [1.54, 1.807) is 20.8 Å². The number of benzene rings is 1. The summed E-state index contributed by atoms with van der Waals surface area (Å²) in [6, 6.07) is 6.28. The van der Waals surface area contributed by atoms with Crippen LogP contribution in [0.3, 0.4) is 0 Å². The molecule has 2 atom stereocenters. The number of hydrogen-bond donors (Lipinski definition) is 3. The Bertz CT molecular complexity index is 847. The summed E-state index contributed by atoms with van der Waals surface area (Å²) in [5.74, 6) is -1.37. The van der Waals surface area contributed by atoms with Gasteiger partial charge in [-0.2, -0.15) is 0 Å². The zero-order valence-electron chi connectivity index (χ0n) is 21.6. The highest BCUT2D eigenvalue weighted by Crippen LogP contribution is 2.34. The van der Waals surface area contributed by atoms with Crippen LogP contribution in [0.2, 0.25) is 0 Å². The van der Waals surface area contributed by atoms with Crippen molar-refractivity contribution in [2.24, 2.45) is 0 Å². The number of rotatable bonds is 10. The molecule has 0 saturated heterocycles. The highest BCUT2D eigenvalue weighted by molar-refractivity contribution is 5.87. The lowest BCUT2D eigenvalue weighted by atomic mass is 9.94. The molecule has 2 rings (SSSR count). The molecule has 1 aliphatic rings. The van der Waals surface area contributed by atoms with Crippen molar-refractivity contribution in [2.75, 3.05) is 0 Å². The highest BCUT2D eigenvalue weighted by atomic mass is 16.6. The van der Waals surface area contributed by atoms with Crippen LogP contribution in [-0.2, 0) is 25.5 Å². The van der Waals surface area contributed by atoms with E-state index in [0.717, 1.165) is 5.56 Å². The van der Waals surface area contributed by atoms with Gasteiger partial charge in [0.1, 0.15) is 11.6 Å². The van der Waals surface area contributed by atoms with Gasteiger partial charge in [-0.3, -0.25) is 9.59 Å². The molecule has 1 aliphatic carbocycles. The van der Waals surface area contributed by atoms with Gasteiger partial charge in [-0.05, 0) is 77.8 Å². The monoisotopic (exact) mass is 474 g/mol. The van der Waals surface area contributed by atoms with Crippen LogP contribution in [0.5, 0.6) is 0 Å². The van der Waals surface area contributed by atoms with Crippen LogP contribution >= 0.6 is 0 Å². The van der Waals surface area contributed by atoms with Gasteiger partial charge < -0.3 is 20.5 Å². The molecular weight excluding hydrogens is 432 g/mol. The molecular formula is C27H42N2O5. The van der Waals surface area contributed by atoms with Crippen molar-refractivity contribution in [1.82, 2.24) is 10.6 Å². The van der Waals surface area contributed by atoms with E-state index in [-0.39, 0.29) is 25.2 Å². The van der Waals surface area contributed by atoms with Gasteiger partial charge in [0.05, 0.1) is 6.04 Å². The number of carboxylic acids is 1. The normalized spacial score (nSPS) is 16.6. The van der Waals surface area contributed by atoms with Crippen molar-refractivity contribution in [1.29, 1.82) is 0 Å². The predicted molar refractivity (Wildman–Crippen MR) is 133 cm³/mol. The van der Waals surface area contributed by atoms with Crippen LogP contribution in [-0.4, -0.2) is 46.2 Å².